The highest BCUT2D eigenvalue weighted by Gasteiger charge is 2.45. The molecule has 0 radical (unpaired) electrons. The van der Waals surface area contributed by atoms with Crippen LogP contribution in [-0.4, -0.2) is 22.8 Å². The quantitative estimate of drug-likeness (QED) is 0.775. The fourth-order valence-corrected chi connectivity index (χ4v) is 4.47. The Balaban J connectivity index is 1.81. The van der Waals surface area contributed by atoms with Crippen LogP contribution in [0.3, 0.4) is 0 Å². The molecular weight excluding hydrogens is 376 g/mol. The van der Waals surface area contributed by atoms with Crippen molar-refractivity contribution in [2.75, 3.05) is 0 Å². The number of nitrogens with zero attached hydrogens (tertiary/aromatic N) is 1. The number of carbonyl (C=O) groups is 2. The fraction of sp³-hybridized carbons (Fsp3) is 0.320. The van der Waals surface area contributed by atoms with Crippen molar-refractivity contribution in [3.63, 3.8) is 0 Å². The van der Waals surface area contributed by atoms with E-state index in [-0.39, 0.29) is 23.8 Å². The molecule has 3 unspecified atom stereocenters. The smallest absolute Gasteiger partial charge is 0.336 e. The van der Waals surface area contributed by atoms with Crippen molar-refractivity contribution in [1.82, 2.24) is 10.3 Å². The summed E-state index contributed by atoms with van der Waals surface area (Å²) in [5, 5.41) is 3.36. The summed E-state index contributed by atoms with van der Waals surface area (Å²) in [4.78, 5) is 30.5. The van der Waals surface area contributed by atoms with Crippen LogP contribution >= 0.6 is 0 Å². The van der Waals surface area contributed by atoms with E-state index in [0.717, 1.165) is 22.5 Å². The normalized spacial score (nSPS) is 23.5. The van der Waals surface area contributed by atoms with E-state index >= 15 is 0 Å². The first kappa shape index (κ1) is 20.1. The average Bonchev–Trinajstić information content (AvgIpc) is 2.73. The van der Waals surface area contributed by atoms with Crippen LogP contribution in [0, 0.1) is 5.92 Å². The number of Topliss-reactive ketones (excluding diaryl/α,β-unsaturated/α-hetero) is 1. The molecule has 1 aromatic carbocycles. The third kappa shape index (κ3) is 3.80. The molecule has 1 aliphatic carbocycles. The van der Waals surface area contributed by atoms with Crippen LogP contribution in [-0.2, 0) is 14.3 Å². The summed E-state index contributed by atoms with van der Waals surface area (Å²) >= 11 is 0. The van der Waals surface area contributed by atoms with Gasteiger partial charge >= 0.3 is 5.97 Å². The number of esters is 1. The fourth-order valence-electron chi connectivity index (χ4n) is 4.47. The van der Waals surface area contributed by atoms with Crippen LogP contribution in [0.4, 0.5) is 0 Å². The maximum atomic E-state index is 13.4. The molecule has 0 fully saturated rings. The molecule has 2 heterocycles. The summed E-state index contributed by atoms with van der Waals surface area (Å²) in [6.45, 7) is 5.53. The van der Waals surface area contributed by atoms with Gasteiger partial charge < -0.3 is 10.1 Å². The molecule has 0 saturated carbocycles. The highest BCUT2D eigenvalue weighted by molar-refractivity contribution is 5.96. The first-order valence-corrected chi connectivity index (χ1v) is 10.3. The summed E-state index contributed by atoms with van der Waals surface area (Å²) in [6.07, 6.45) is 5.71. The standard InChI is InChI=1S/C25H26N2O3/c1-15(2)30-25(29)22-16(3)27-20-13-19(17-7-5-4-6-8-17)14-21(28)24(20)23(22)18-9-11-26-12-10-18/h4-13,15,19,23-24,27H,14H2,1-3H3. The molecule has 1 aromatic heterocycles. The number of ether oxygens (including phenoxy) is 1. The van der Waals surface area contributed by atoms with Gasteiger partial charge in [0.25, 0.3) is 0 Å². The Labute approximate surface area is 176 Å². The van der Waals surface area contributed by atoms with Crippen molar-refractivity contribution in [3.05, 3.63) is 89.0 Å². The second-order valence-electron chi connectivity index (χ2n) is 8.16. The molecule has 1 N–H and O–H groups in total. The van der Waals surface area contributed by atoms with E-state index in [1.807, 2.05) is 63.2 Å². The highest BCUT2D eigenvalue weighted by Crippen LogP contribution is 2.46. The molecule has 5 nitrogen and oxygen atoms in total. The zero-order valence-electron chi connectivity index (χ0n) is 17.5. The van der Waals surface area contributed by atoms with E-state index in [9.17, 15) is 9.59 Å². The van der Waals surface area contributed by atoms with Gasteiger partial charge in [-0.3, -0.25) is 9.78 Å². The number of pyridine rings is 1. The predicted octanol–water partition coefficient (Wildman–Crippen LogP) is 4.25. The Morgan fingerprint density at radius 1 is 1.07 bits per heavy atom. The van der Waals surface area contributed by atoms with Gasteiger partial charge in [0, 0.05) is 42.0 Å². The van der Waals surface area contributed by atoms with Crippen molar-refractivity contribution in [2.45, 2.75) is 45.1 Å². The monoisotopic (exact) mass is 402 g/mol. The van der Waals surface area contributed by atoms with Crippen molar-refractivity contribution in [1.29, 1.82) is 0 Å². The van der Waals surface area contributed by atoms with Crippen LogP contribution in [0.2, 0.25) is 0 Å². The molecular formula is C25H26N2O3. The molecule has 154 valence electrons. The Kier molecular flexibility index (Phi) is 5.53. The maximum Gasteiger partial charge on any atom is 0.336 e. The summed E-state index contributed by atoms with van der Waals surface area (Å²) < 4.78 is 5.53. The molecule has 2 aromatic rings. The second-order valence-corrected chi connectivity index (χ2v) is 8.16. The lowest BCUT2D eigenvalue weighted by molar-refractivity contribution is -0.143. The SMILES string of the molecule is CC1=C(C(=O)OC(C)C)C(c2ccncc2)C2C(=O)CC(c3ccccc3)C=C2N1. The molecule has 0 saturated heterocycles. The molecule has 0 spiro atoms. The van der Waals surface area contributed by atoms with Crippen molar-refractivity contribution in [2.24, 2.45) is 5.92 Å². The van der Waals surface area contributed by atoms with Crippen molar-refractivity contribution < 1.29 is 14.3 Å². The van der Waals surface area contributed by atoms with Crippen LogP contribution in [0.15, 0.2) is 77.9 Å². The Morgan fingerprint density at radius 2 is 1.77 bits per heavy atom. The number of fused-ring (bicyclic) bond motifs is 1. The van der Waals surface area contributed by atoms with Crippen molar-refractivity contribution in [3.8, 4) is 0 Å². The minimum Gasteiger partial charge on any atom is -0.460 e. The van der Waals surface area contributed by atoms with Crippen LogP contribution in [0.1, 0.15) is 50.2 Å². The Bertz CT molecular complexity index is 1010. The van der Waals surface area contributed by atoms with Gasteiger partial charge in [-0.2, -0.15) is 0 Å². The van der Waals surface area contributed by atoms with Gasteiger partial charge in [-0.15, -0.1) is 0 Å². The number of aromatic nitrogens is 1. The molecule has 30 heavy (non-hydrogen) atoms. The molecule has 5 heteroatoms. The van der Waals surface area contributed by atoms with E-state index in [1.54, 1.807) is 12.4 Å². The number of ketones is 1. The second kappa shape index (κ2) is 8.27. The predicted molar refractivity (Wildman–Crippen MR) is 114 cm³/mol. The summed E-state index contributed by atoms with van der Waals surface area (Å²) in [7, 11) is 0. The third-order valence-corrected chi connectivity index (χ3v) is 5.72. The minimum atomic E-state index is -0.439. The Morgan fingerprint density at radius 3 is 2.43 bits per heavy atom. The maximum absolute atomic E-state index is 13.4. The van der Waals surface area contributed by atoms with Crippen molar-refractivity contribution >= 4 is 11.8 Å². The third-order valence-electron chi connectivity index (χ3n) is 5.72. The van der Waals surface area contributed by atoms with Gasteiger partial charge in [0.1, 0.15) is 5.78 Å². The average molecular weight is 402 g/mol. The minimum absolute atomic E-state index is 0.0208. The number of allylic oxidation sites excluding steroid dienone is 3. The molecule has 0 amide bonds. The molecule has 2 aliphatic rings. The van der Waals surface area contributed by atoms with Crippen LogP contribution < -0.4 is 5.32 Å². The van der Waals surface area contributed by atoms with Gasteiger partial charge in [0.05, 0.1) is 17.6 Å². The number of hydrogen-bond acceptors (Lipinski definition) is 5. The van der Waals surface area contributed by atoms with E-state index in [4.69, 9.17) is 4.74 Å². The number of nitrogens with one attached hydrogen (secondary N) is 1. The van der Waals surface area contributed by atoms with E-state index < -0.39 is 11.8 Å². The summed E-state index contributed by atoms with van der Waals surface area (Å²) in [5.74, 6) is -1.07. The van der Waals surface area contributed by atoms with Gasteiger partial charge in [-0.1, -0.05) is 36.4 Å². The first-order valence-electron chi connectivity index (χ1n) is 10.3. The lowest BCUT2D eigenvalue weighted by Crippen LogP contribution is -2.42. The number of benzene rings is 1. The van der Waals surface area contributed by atoms with Crippen LogP contribution in [0.25, 0.3) is 0 Å². The van der Waals surface area contributed by atoms with E-state index in [2.05, 4.69) is 16.4 Å². The zero-order valence-corrected chi connectivity index (χ0v) is 17.5. The van der Waals surface area contributed by atoms with Gasteiger partial charge in [0.15, 0.2) is 0 Å². The topological polar surface area (TPSA) is 68.3 Å². The summed E-state index contributed by atoms with van der Waals surface area (Å²) in [6, 6.07) is 13.8. The zero-order chi connectivity index (χ0) is 21.3. The lowest BCUT2D eigenvalue weighted by Gasteiger charge is -2.39. The lowest BCUT2D eigenvalue weighted by atomic mass is 9.69. The van der Waals surface area contributed by atoms with Gasteiger partial charge in [-0.25, -0.2) is 4.79 Å². The Hall–Kier alpha value is -3.21. The summed E-state index contributed by atoms with van der Waals surface area (Å²) in [5.41, 5.74) is 4.12. The molecule has 4 rings (SSSR count). The first-order chi connectivity index (χ1) is 14.5. The van der Waals surface area contributed by atoms with Gasteiger partial charge in [0.2, 0.25) is 0 Å². The molecule has 3 atom stereocenters. The molecule has 1 aliphatic heterocycles. The van der Waals surface area contributed by atoms with E-state index in [0.29, 0.717) is 12.0 Å². The largest absolute Gasteiger partial charge is 0.460 e. The highest BCUT2D eigenvalue weighted by atomic mass is 16.5. The number of carbonyl (C=O) groups excluding carboxylic acids is 2. The van der Waals surface area contributed by atoms with Crippen LogP contribution in [0.5, 0.6) is 0 Å². The molecule has 0 bridgehead atoms. The van der Waals surface area contributed by atoms with E-state index in [1.165, 1.54) is 0 Å². The van der Waals surface area contributed by atoms with Gasteiger partial charge in [-0.05, 0) is 44.0 Å². The number of rotatable bonds is 4. The number of hydrogen-bond donors (Lipinski definition) is 1.